The summed E-state index contributed by atoms with van der Waals surface area (Å²) in [6, 6.07) is 8.79. The first-order chi connectivity index (χ1) is 13.8. The monoisotopic (exact) mass is 403 g/mol. The molecule has 2 saturated heterocycles. The molecule has 0 aromatic heterocycles. The molecule has 9 heteroatoms. The molecule has 0 saturated carbocycles. The molecule has 6 N–H and O–H groups in total. The van der Waals surface area contributed by atoms with Crippen LogP contribution in [-0.4, -0.2) is 69.8 Å². The van der Waals surface area contributed by atoms with Gasteiger partial charge in [0.1, 0.15) is 5.54 Å². The van der Waals surface area contributed by atoms with Gasteiger partial charge in [-0.25, -0.2) is 0 Å². The molecular weight excluding hydrogens is 373 g/mol. The number of carbonyl (C=O) groups excluding carboxylic acids is 1. The van der Waals surface area contributed by atoms with E-state index in [9.17, 15) is 14.7 Å². The largest absolute Gasteiger partial charge is 0.480 e. The minimum atomic E-state index is -1.37. The predicted molar refractivity (Wildman–Crippen MR) is 109 cm³/mol. The van der Waals surface area contributed by atoms with Crippen LogP contribution in [0.5, 0.6) is 0 Å². The van der Waals surface area contributed by atoms with Crippen LogP contribution in [0.3, 0.4) is 0 Å². The number of carboxylic acid groups (broad SMARTS) is 1. The van der Waals surface area contributed by atoms with Crippen molar-refractivity contribution in [2.45, 2.75) is 56.0 Å². The van der Waals surface area contributed by atoms with E-state index in [2.05, 4.69) is 5.32 Å². The lowest BCUT2D eigenvalue weighted by atomic mass is 9.77. The number of carboxylic acids is 1. The number of rotatable bonds is 9. The van der Waals surface area contributed by atoms with Gasteiger partial charge in [-0.2, -0.15) is 0 Å². The van der Waals surface area contributed by atoms with Crippen molar-refractivity contribution in [3.8, 4) is 0 Å². The molecule has 0 radical (unpaired) electrons. The van der Waals surface area contributed by atoms with E-state index in [4.69, 9.17) is 15.8 Å². The van der Waals surface area contributed by atoms with Gasteiger partial charge in [-0.1, -0.05) is 43.2 Å². The maximum atomic E-state index is 13.0. The molecule has 29 heavy (non-hydrogen) atoms. The Morgan fingerprint density at radius 3 is 2.66 bits per heavy atom. The summed E-state index contributed by atoms with van der Waals surface area (Å²) in [5, 5.41) is 31.1. The van der Waals surface area contributed by atoms with Crippen molar-refractivity contribution in [2.75, 3.05) is 13.1 Å². The third-order valence-corrected chi connectivity index (χ3v) is 6.37. The van der Waals surface area contributed by atoms with Gasteiger partial charge in [-0.15, -0.1) is 0 Å². The summed E-state index contributed by atoms with van der Waals surface area (Å²) in [4.78, 5) is 26.9. The number of benzene rings is 1. The maximum Gasteiger partial charge on any atom is 0.451 e. The molecule has 2 aliphatic rings. The van der Waals surface area contributed by atoms with Crippen molar-refractivity contribution in [3.05, 3.63) is 35.9 Å². The Bertz CT molecular complexity index is 719. The Morgan fingerprint density at radius 2 is 2.00 bits per heavy atom. The lowest BCUT2D eigenvalue weighted by molar-refractivity contribution is -0.146. The highest BCUT2D eigenvalue weighted by molar-refractivity contribution is 6.40. The van der Waals surface area contributed by atoms with E-state index >= 15 is 0 Å². The van der Waals surface area contributed by atoms with Crippen molar-refractivity contribution in [3.63, 3.8) is 0 Å². The second kappa shape index (κ2) is 9.25. The fourth-order valence-electron chi connectivity index (χ4n) is 4.89. The number of likely N-dealkylation sites (tertiary alicyclic amines) is 1. The lowest BCUT2D eigenvalue weighted by Crippen LogP contribution is -2.52. The zero-order valence-electron chi connectivity index (χ0n) is 16.5. The Balaban J connectivity index is 1.64. The molecular formula is C20H30BN3O5. The second-order valence-electron chi connectivity index (χ2n) is 8.17. The van der Waals surface area contributed by atoms with Crippen molar-refractivity contribution in [1.29, 1.82) is 0 Å². The minimum Gasteiger partial charge on any atom is -0.480 e. The molecule has 1 unspecified atom stereocenters. The van der Waals surface area contributed by atoms with Gasteiger partial charge < -0.3 is 25.8 Å². The number of carbonyl (C=O) groups is 2. The second-order valence-corrected chi connectivity index (χ2v) is 8.17. The van der Waals surface area contributed by atoms with Gasteiger partial charge in [0.25, 0.3) is 0 Å². The summed E-state index contributed by atoms with van der Waals surface area (Å²) < 4.78 is 0. The number of hydrogen-bond donors (Lipinski definition) is 5. The average Bonchev–Trinajstić information content (AvgIpc) is 3.26. The quantitative estimate of drug-likeness (QED) is 0.286. The van der Waals surface area contributed by atoms with Crippen LogP contribution < -0.4 is 11.1 Å². The summed E-state index contributed by atoms with van der Waals surface area (Å²) >= 11 is 0. The topological polar surface area (TPSA) is 136 Å². The van der Waals surface area contributed by atoms with Gasteiger partial charge >= 0.3 is 13.1 Å². The number of nitrogens with one attached hydrogen (secondary N) is 1. The van der Waals surface area contributed by atoms with Crippen LogP contribution in [0, 0.1) is 5.92 Å². The molecule has 0 aliphatic carbocycles. The van der Waals surface area contributed by atoms with Crippen LogP contribution in [0.25, 0.3) is 0 Å². The molecule has 0 bridgehead atoms. The molecule has 2 aliphatic heterocycles. The molecule has 2 heterocycles. The summed E-state index contributed by atoms with van der Waals surface area (Å²) in [6.45, 7) is 0.951. The van der Waals surface area contributed by atoms with Crippen LogP contribution in [-0.2, 0) is 16.0 Å². The third-order valence-electron chi connectivity index (χ3n) is 6.37. The number of unbranched alkanes of at least 4 members (excludes halogenated alkanes) is 1. The number of nitrogens with two attached hydrogens (primary N) is 1. The number of amides is 1. The van der Waals surface area contributed by atoms with Crippen molar-refractivity contribution in [1.82, 2.24) is 10.2 Å². The smallest absolute Gasteiger partial charge is 0.451 e. The average molecular weight is 403 g/mol. The zero-order chi connectivity index (χ0) is 21.0. The van der Waals surface area contributed by atoms with E-state index in [-0.39, 0.29) is 24.2 Å². The SMILES string of the molecule is NC(Cc1ccccc1)C(=O)N1CC[C@H]2[C@@H]1CN[C@@]2(CCCCB(O)O)C(=O)O. The first-order valence-electron chi connectivity index (χ1n) is 10.3. The van der Waals surface area contributed by atoms with E-state index < -0.39 is 24.7 Å². The summed E-state index contributed by atoms with van der Waals surface area (Å²) in [5.41, 5.74) is 6.11. The third kappa shape index (κ3) is 4.64. The molecule has 3 rings (SSSR count). The minimum absolute atomic E-state index is 0.132. The van der Waals surface area contributed by atoms with Crippen LogP contribution in [0.1, 0.15) is 31.2 Å². The standard InChI is InChI=1S/C20H30BN3O5/c22-16(12-14-6-2-1-3-7-14)18(25)24-11-8-15-17(24)13-23-20(15,19(26)27)9-4-5-10-21(28)29/h1-3,6-7,15-17,23,28-29H,4-5,8-13,22H2,(H,26,27)/t15-,16?,17-,20+/m0/s1. The van der Waals surface area contributed by atoms with Crippen molar-refractivity contribution >= 4 is 19.0 Å². The first kappa shape index (κ1) is 21.8. The molecule has 8 nitrogen and oxygen atoms in total. The van der Waals surface area contributed by atoms with E-state index in [1.54, 1.807) is 4.90 Å². The van der Waals surface area contributed by atoms with Crippen molar-refractivity contribution < 1.29 is 24.7 Å². The molecule has 1 amide bonds. The van der Waals surface area contributed by atoms with E-state index in [1.807, 2.05) is 30.3 Å². The number of aliphatic carboxylic acids is 1. The van der Waals surface area contributed by atoms with Gasteiger partial charge in [-0.3, -0.25) is 14.9 Å². The predicted octanol–water partition coefficient (Wildman–Crippen LogP) is -0.157. The van der Waals surface area contributed by atoms with Crippen LogP contribution >= 0.6 is 0 Å². The zero-order valence-corrected chi connectivity index (χ0v) is 16.5. The highest BCUT2D eigenvalue weighted by Gasteiger charge is 2.58. The van der Waals surface area contributed by atoms with Gasteiger partial charge in [0.15, 0.2) is 0 Å². The Labute approximate surface area is 171 Å². The molecule has 0 spiro atoms. The Hall–Kier alpha value is -1.94. The fourth-order valence-corrected chi connectivity index (χ4v) is 4.89. The van der Waals surface area contributed by atoms with E-state index in [1.165, 1.54) is 0 Å². The van der Waals surface area contributed by atoms with Gasteiger partial charge in [-0.05, 0) is 31.1 Å². The summed E-state index contributed by atoms with van der Waals surface area (Å²) in [6.07, 6.45) is 2.81. The summed E-state index contributed by atoms with van der Waals surface area (Å²) in [7, 11) is -1.37. The van der Waals surface area contributed by atoms with Gasteiger partial charge in [0.05, 0.1) is 6.04 Å². The Kier molecular flexibility index (Phi) is 6.95. The lowest BCUT2D eigenvalue weighted by Gasteiger charge is -2.31. The van der Waals surface area contributed by atoms with Crippen LogP contribution in [0.15, 0.2) is 30.3 Å². The number of fused-ring (bicyclic) bond motifs is 1. The molecule has 158 valence electrons. The molecule has 1 aromatic rings. The number of hydrogen-bond acceptors (Lipinski definition) is 6. The van der Waals surface area contributed by atoms with Crippen LogP contribution in [0.4, 0.5) is 0 Å². The number of nitrogens with zero attached hydrogens (tertiary/aromatic N) is 1. The normalized spacial score (nSPS) is 26.9. The van der Waals surface area contributed by atoms with Crippen LogP contribution in [0.2, 0.25) is 6.32 Å². The molecule has 2 fully saturated rings. The highest BCUT2D eigenvalue weighted by atomic mass is 16.4. The molecule has 1 aromatic carbocycles. The maximum absolute atomic E-state index is 13.0. The van der Waals surface area contributed by atoms with E-state index in [0.717, 1.165) is 5.56 Å². The molecule has 4 atom stereocenters. The fraction of sp³-hybridized carbons (Fsp3) is 0.600. The van der Waals surface area contributed by atoms with Gasteiger partial charge in [0, 0.05) is 25.0 Å². The summed E-state index contributed by atoms with van der Waals surface area (Å²) in [5.74, 6) is -1.21. The van der Waals surface area contributed by atoms with Gasteiger partial charge in [0.2, 0.25) is 5.91 Å². The first-order valence-corrected chi connectivity index (χ1v) is 10.3. The van der Waals surface area contributed by atoms with E-state index in [0.29, 0.717) is 45.2 Å². The highest BCUT2D eigenvalue weighted by Crippen LogP contribution is 2.41. The van der Waals surface area contributed by atoms with Crippen molar-refractivity contribution in [2.24, 2.45) is 11.7 Å². The Morgan fingerprint density at radius 1 is 1.28 bits per heavy atom.